The van der Waals surface area contributed by atoms with Crippen LogP contribution in [0.3, 0.4) is 0 Å². The molecule has 50 valence electrons. The topological polar surface area (TPSA) is 12.0 Å². The Morgan fingerprint density at radius 3 is 2.33 bits per heavy atom. The summed E-state index contributed by atoms with van der Waals surface area (Å²) in [4.78, 5) is 0. The standard InChI is InChI=1S/C8H13N/c1-7(2)8(3)5-6-9-4/h5-6,9H,1,3H2,2,4H3/b6-5-. The molecule has 1 heteroatoms. The Kier molecular flexibility index (Phi) is 3.52. The summed E-state index contributed by atoms with van der Waals surface area (Å²) in [6.45, 7) is 9.43. The lowest BCUT2D eigenvalue weighted by Gasteiger charge is -1.94. The maximum Gasteiger partial charge on any atom is 0.00277 e. The number of rotatable bonds is 3. The number of hydrogen-bond acceptors (Lipinski definition) is 1. The van der Waals surface area contributed by atoms with Crippen LogP contribution in [0.25, 0.3) is 0 Å². The Bertz CT molecular complexity index is 143. The zero-order valence-electron chi connectivity index (χ0n) is 6.07. The van der Waals surface area contributed by atoms with Crippen molar-refractivity contribution < 1.29 is 0 Å². The van der Waals surface area contributed by atoms with E-state index in [1.165, 1.54) is 0 Å². The molecule has 0 aromatic rings. The van der Waals surface area contributed by atoms with Gasteiger partial charge in [0.1, 0.15) is 0 Å². The first-order chi connectivity index (χ1) is 4.18. The molecule has 9 heavy (non-hydrogen) atoms. The molecule has 0 radical (unpaired) electrons. The zero-order valence-corrected chi connectivity index (χ0v) is 6.07. The summed E-state index contributed by atoms with van der Waals surface area (Å²) in [6.07, 6.45) is 3.72. The molecule has 0 spiro atoms. The fraction of sp³-hybridized carbons (Fsp3) is 0.250. The Morgan fingerprint density at radius 2 is 2.00 bits per heavy atom. The minimum absolute atomic E-state index is 0.962. The van der Waals surface area contributed by atoms with Gasteiger partial charge in [-0.2, -0.15) is 0 Å². The van der Waals surface area contributed by atoms with E-state index in [0.717, 1.165) is 11.1 Å². The van der Waals surface area contributed by atoms with E-state index in [0.29, 0.717) is 0 Å². The average Bonchev–Trinajstić information content (AvgIpc) is 1.82. The van der Waals surface area contributed by atoms with Crippen LogP contribution >= 0.6 is 0 Å². The van der Waals surface area contributed by atoms with E-state index in [1.807, 2.05) is 26.2 Å². The molecule has 0 amide bonds. The first-order valence-electron chi connectivity index (χ1n) is 2.87. The lowest BCUT2D eigenvalue weighted by atomic mass is 10.1. The summed E-state index contributed by atoms with van der Waals surface area (Å²) in [5.41, 5.74) is 1.96. The first kappa shape index (κ1) is 8.02. The van der Waals surface area contributed by atoms with Crippen molar-refractivity contribution >= 4 is 0 Å². The molecule has 0 aromatic carbocycles. The van der Waals surface area contributed by atoms with Crippen LogP contribution in [0.5, 0.6) is 0 Å². The molecule has 0 saturated heterocycles. The van der Waals surface area contributed by atoms with Crippen LogP contribution in [0.15, 0.2) is 36.6 Å². The van der Waals surface area contributed by atoms with Crippen LogP contribution in [-0.2, 0) is 0 Å². The van der Waals surface area contributed by atoms with Gasteiger partial charge in [-0.3, -0.25) is 0 Å². The van der Waals surface area contributed by atoms with Crippen LogP contribution in [-0.4, -0.2) is 7.05 Å². The molecule has 0 bridgehead atoms. The fourth-order valence-corrected chi connectivity index (χ4v) is 0.326. The molecule has 0 aliphatic rings. The highest BCUT2D eigenvalue weighted by molar-refractivity contribution is 5.33. The molecule has 0 unspecified atom stereocenters. The Labute approximate surface area is 56.8 Å². The second-order valence-corrected chi connectivity index (χ2v) is 1.93. The SMILES string of the molecule is C=C(C)C(=C)/C=C\NC. The van der Waals surface area contributed by atoms with Gasteiger partial charge in [-0.05, 0) is 24.8 Å². The molecule has 1 nitrogen and oxygen atoms in total. The highest BCUT2D eigenvalue weighted by Gasteiger charge is 1.83. The maximum atomic E-state index is 3.77. The molecule has 1 N–H and O–H groups in total. The van der Waals surface area contributed by atoms with Crippen LogP contribution in [0, 0.1) is 0 Å². The van der Waals surface area contributed by atoms with Crippen molar-refractivity contribution in [3.63, 3.8) is 0 Å². The van der Waals surface area contributed by atoms with Gasteiger partial charge < -0.3 is 5.32 Å². The van der Waals surface area contributed by atoms with E-state index in [1.54, 1.807) is 0 Å². The fourth-order valence-electron chi connectivity index (χ4n) is 0.326. The Morgan fingerprint density at radius 1 is 1.44 bits per heavy atom. The van der Waals surface area contributed by atoms with Gasteiger partial charge in [0.05, 0.1) is 0 Å². The van der Waals surface area contributed by atoms with Crippen LogP contribution in [0.1, 0.15) is 6.92 Å². The van der Waals surface area contributed by atoms with E-state index < -0.39 is 0 Å². The van der Waals surface area contributed by atoms with Crippen molar-refractivity contribution in [3.8, 4) is 0 Å². The van der Waals surface area contributed by atoms with Crippen LogP contribution in [0.4, 0.5) is 0 Å². The van der Waals surface area contributed by atoms with E-state index in [9.17, 15) is 0 Å². The van der Waals surface area contributed by atoms with Gasteiger partial charge in [0.15, 0.2) is 0 Å². The lowest BCUT2D eigenvalue weighted by Crippen LogP contribution is -1.91. The largest absolute Gasteiger partial charge is 0.394 e. The molecule has 0 rings (SSSR count). The number of nitrogens with one attached hydrogen (secondary N) is 1. The van der Waals surface area contributed by atoms with Crippen molar-refractivity contribution in [1.82, 2.24) is 5.32 Å². The third-order valence-corrected chi connectivity index (χ3v) is 0.999. The van der Waals surface area contributed by atoms with Gasteiger partial charge in [0, 0.05) is 7.05 Å². The van der Waals surface area contributed by atoms with Crippen molar-refractivity contribution in [2.75, 3.05) is 7.05 Å². The quantitative estimate of drug-likeness (QED) is 0.565. The molecule has 0 heterocycles. The molecule has 0 saturated carbocycles. The number of hydrogen-bond donors (Lipinski definition) is 1. The van der Waals surface area contributed by atoms with Crippen LogP contribution < -0.4 is 5.32 Å². The minimum Gasteiger partial charge on any atom is -0.394 e. The molecular formula is C8H13N. The third-order valence-electron chi connectivity index (χ3n) is 0.999. The highest BCUT2D eigenvalue weighted by atomic mass is 14.8. The highest BCUT2D eigenvalue weighted by Crippen LogP contribution is 2.02. The van der Waals surface area contributed by atoms with Crippen molar-refractivity contribution in [2.24, 2.45) is 0 Å². The molecule has 0 fully saturated rings. The summed E-state index contributed by atoms with van der Waals surface area (Å²) in [7, 11) is 1.85. The van der Waals surface area contributed by atoms with E-state index in [-0.39, 0.29) is 0 Å². The van der Waals surface area contributed by atoms with E-state index >= 15 is 0 Å². The predicted octanol–water partition coefficient (Wildman–Crippen LogP) is 1.85. The second kappa shape index (κ2) is 3.96. The molecule has 0 atom stereocenters. The van der Waals surface area contributed by atoms with Crippen molar-refractivity contribution in [2.45, 2.75) is 6.92 Å². The number of allylic oxidation sites excluding steroid dienone is 3. The van der Waals surface area contributed by atoms with Crippen molar-refractivity contribution in [3.05, 3.63) is 36.6 Å². The predicted molar refractivity (Wildman–Crippen MR) is 42.2 cm³/mol. The summed E-state index contributed by atoms with van der Waals surface area (Å²) >= 11 is 0. The summed E-state index contributed by atoms with van der Waals surface area (Å²) in [5.74, 6) is 0. The van der Waals surface area contributed by atoms with Gasteiger partial charge in [0.25, 0.3) is 0 Å². The summed E-state index contributed by atoms with van der Waals surface area (Å²) in [6, 6.07) is 0. The van der Waals surface area contributed by atoms with E-state index in [2.05, 4.69) is 18.5 Å². The summed E-state index contributed by atoms with van der Waals surface area (Å²) < 4.78 is 0. The van der Waals surface area contributed by atoms with Crippen LogP contribution in [0.2, 0.25) is 0 Å². The second-order valence-electron chi connectivity index (χ2n) is 1.93. The van der Waals surface area contributed by atoms with Gasteiger partial charge in [-0.15, -0.1) is 0 Å². The monoisotopic (exact) mass is 123 g/mol. The lowest BCUT2D eigenvalue weighted by molar-refractivity contribution is 1.10. The normalized spacial score (nSPS) is 9.56. The van der Waals surface area contributed by atoms with E-state index in [4.69, 9.17) is 0 Å². The average molecular weight is 123 g/mol. The van der Waals surface area contributed by atoms with Gasteiger partial charge in [-0.1, -0.05) is 18.7 Å². The van der Waals surface area contributed by atoms with Gasteiger partial charge >= 0.3 is 0 Å². The molecular weight excluding hydrogens is 110 g/mol. The Hall–Kier alpha value is -0.980. The Balaban J connectivity index is 3.77. The van der Waals surface area contributed by atoms with Gasteiger partial charge in [0.2, 0.25) is 0 Å². The third kappa shape index (κ3) is 3.59. The first-order valence-corrected chi connectivity index (χ1v) is 2.87. The van der Waals surface area contributed by atoms with Crippen molar-refractivity contribution in [1.29, 1.82) is 0 Å². The smallest absolute Gasteiger partial charge is 0.00277 e. The molecule has 0 aliphatic heterocycles. The molecule has 0 aromatic heterocycles. The van der Waals surface area contributed by atoms with Gasteiger partial charge in [-0.25, -0.2) is 0 Å². The summed E-state index contributed by atoms with van der Waals surface area (Å²) in [5, 5.41) is 2.87. The maximum absolute atomic E-state index is 3.77. The zero-order chi connectivity index (χ0) is 7.28. The molecule has 0 aliphatic carbocycles. The minimum atomic E-state index is 0.962.